The quantitative estimate of drug-likeness (QED) is 0.375. The highest BCUT2D eigenvalue weighted by Crippen LogP contribution is 2.42. The molecule has 2 N–H and O–H groups in total. The summed E-state index contributed by atoms with van der Waals surface area (Å²) in [5.74, 6) is 2.25. The van der Waals surface area contributed by atoms with Crippen LogP contribution in [0, 0.1) is 13.8 Å². The fraction of sp³-hybridized carbons (Fsp3) is 0.387. The van der Waals surface area contributed by atoms with E-state index >= 15 is 0 Å². The van der Waals surface area contributed by atoms with E-state index in [9.17, 15) is 4.79 Å². The number of carbonyl (C=O) groups is 1. The average molecular weight is 503 g/mol. The molecular formula is C31H38N2O4. The van der Waals surface area contributed by atoms with Crippen LogP contribution in [0.25, 0.3) is 0 Å². The van der Waals surface area contributed by atoms with Gasteiger partial charge in [-0.05, 0) is 78.8 Å². The van der Waals surface area contributed by atoms with Gasteiger partial charge in [0, 0.05) is 19.4 Å². The molecule has 1 heterocycles. The van der Waals surface area contributed by atoms with Crippen LogP contribution in [-0.4, -0.2) is 38.2 Å². The van der Waals surface area contributed by atoms with Crippen molar-refractivity contribution in [3.05, 3.63) is 81.9 Å². The molecule has 0 bridgehead atoms. The number of methoxy groups -OCH3 is 2. The third-order valence-electron chi connectivity index (χ3n) is 7.10. The van der Waals surface area contributed by atoms with Crippen molar-refractivity contribution in [1.82, 2.24) is 4.90 Å². The van der Waals surface area contributed by atoms with Gasteiger partial charge in [0.1, 0.15) is 5.75 Å². The van der Waals surface area contributed by atoms with E-state index in [2.05, 4.69) is 51.1 Å². The fourth-order valence-electron chi connectivity index (χ4n) is 5.21. The number of nitrogen functional groups attached to an aromatic ring is 1. The third-order valence-corrected chi connectivity index (χ3v) is 7.10. The summed E-state index contributed by atoms with van der Waals surface area (Å²) in [6.07, 6.45) is 2.85. The van der Waals surface area contributed by atoms with Crippen LogP contribution < -0.4 is 19.9 Å². The van der Waals surface area contributed by atoms with Gasteiger partial charge in [-0.25, -0.2) is 0 Å². The molecule has 0 saturated heterocycles. The lowest BCUT2D eigenvalue weighted by atomic mass is 9.85. The molecule has 3 aromatic carbocycles. The number of ether oxygens (including phenoxy) is 3. The van der Waals surface area contributed by atoms with Crippen molar-refractivity contribution < 1.29 is 19.0 Å². The van der Waals surface area contributed by atoms with Crippen molar-refractivity contribution in [3.63, 3.8) is 0 Å². The number of amides is 1. The van der Waals surface area contributed by atoms with Gasteiger partial charge < -0.3 is 24.8 Å². The lowest BCUT2D eigenvalue weighted by Crippen LogP contribution is -2.40. The second-order valence-corrected chi connectivity index (χ2v) is 9.73. The maximum atomic E-state index is 13.2. The summed E-state index contributed by atoms with van der Waals surface area (Å²) in [4.78, 5) is 15.3. The molecule has 1 aliphatic rings. The van der Waals surface area contributed by atoms with Gasteiger partial charge in [-0.3, -0.25) is 4.79 Å². The highest BCUT2D eigenvalue weighted by Gasteiger charge is 2.33. The maximum Gasteiger partial charge on any atom is 0.223 e. The number of nitrogens with two attached hydrogens (primary N) is 1. The van der Waals surface area contributed by atoms with Crippen LogP contribution in [0.4, 0.5) is 5.69 Å². The molecule has 0 saturated carbocycles. The van der Waals surface area contributed by atoms with Crippen LogP contribution in [0.15, 0.2) is 48.5 Å². The van der Waals surface area contributed by atoms with Gasteiger partial charge in [-0.1, -0.05) is 36.8 Å². The number of carbonyl (C=O) groups excluding carboxylic acids is 1. The lowest BCUT2D eigenvalue weighted by Gasteiger charge is -2.39. The summed E-state index contributed by atoms with van der Waals surface area (Å²) in [7, 11) is 3.28. The minimum Gasteiger partial charge on any atom is -0.495 e. The van der Waals surface area contributed by atoms with Crippen molar-refractivity contribution >= 4 is 11.6 Å². The van der Waals surface area contributed by atoms with Crippen LogP contribution >= 0.6 is 0 Å². The molecule has 4 rings (SSSR count). The van der Waals surface area contributed by atoms with Gasteiger partial charge in [-0.2, -0.15) is 0 Å². The van der Waals surface area contributed by atoms with Gasteiger partial charge >= 0.3 is 0 Å². The summed E-state index contributed by atoms with van der Waals surface area (Å²) in [5.41, 5.74) is 13.6. The first kappa shape index (κ1) is 26.4. The number of nitrogens with zero attached hydrogens (tertiary/aromatic N) is 1. The molecule has 0 radical (unpaired) electrons. The molecule has 1 aliphatic heterocycles. The summed E-state index contributed by atoms with van der Waals surface area (Å²) < 4.78 is 17.2. The van der Waals surface area contributed by atoms with Crippen molar-refractivity contribution in [2.45, 2.75) is 52.5 Å². The molecule has 1 amide bonds. The van der Waals surface area contributed by atoms with Crippen LogP contribution in [0.1, 0.15) is 59.2 Å². The molecule has 196 valence electrons. The van der Waals surface area contributed by atoms with E-state index in [1.54, 1.807) is 14.2 Å². The predicted octanol–water partition coefficient (Wildman–Crippen LogP) is 5.80. The van der Waals surface area contributed by atoms with E-state index in [1.165, 1.54) is 16.7 Å². The van der Waals surface area contributed by atoms with E-state index in [4.69, 9.17) is 19.9 Å². The number of anilines is 1. The zero-order valence-corrected chi connectivity index (χ0v) is 22.6. The first-order chi connectivity index (χ1) is 17.9. The number of hydrogen-bond donors (Lipinski definition) is 1. The highest BCUT2D eigenvalue weighted by atomic mass is 16.5. The van der Waals surface area contributed by atoms with Crippen molar-refractivity contribution in [2.24, 2.45) is 0 Å². The van der Waals surface area contributed by atoms with Crippen LogP contribution in [0.2, 0.25) is 0 Å². The first-order valence-corrected chi connectivity index (χ1v) is 13.0. The largest absolute Gasteiger partial charge is 0.495 e. The number of benzene rings is 3. The highest BCUT2D eigenvalue weighted by molar-refractivity contribution is 5.78. The summed E-state index contributed by atoms with van der Waals surface area (Å²) in [6.45, 7) is 7.42. The average Bonchev–Trinajstić information content (AvgIpc) is 2.88. The second kappa shape index (κ2) is 11.6. The molecular weight excluding hydrogens is 464 g/mol. The van der Waals surface area contributed by atoms with Crippen molar-refractivity contribution in [3.8, 4) is 17.2 Å². The van der Waals surface area contributed by atoms with Crippen molar-refractivity contribution in [2.75, 3.05) is 33.1 Å². The fourth-order valence-corrected chi connectivity index (χ4v) is 5.21. The molecule has 3 aromatic rings. The van der Waals surface area contributed by atoms with E-state index in [0.29, 0.717) is 48.9 Å². The summed E-state index contributed by atoms with van der Waals surface area (Å²) in [5, 5.41) is 0. The molecule has 0 spiro atoms. The molecule has 0 fully saturated rings. The molecule has 6 nitrogen and oxygen atoms in total. The van der Waals surface area contributed by atoms with Crippen LogP contribution in [-0.2, 0) is 17.6 Å². The Kier molecular flexibility index (Phi) is 8.27. The topological polar surface area (TPSA) is 74.0 Å². The minimum atomic E-state index is -0.155. The Morgan fingerprint density at radius 2 is 1.76 bits per heavy atom. The second-order valence-electron chi connectivity index (χ2n) is 9.73. The Labute approximate surface area is 220 Å². The van der Waals surface area contributed by atoms with Gasteiger partial charge in [0.05, 0.1) is 32.6 Å². The Balaban J connectivity index is 1.67. The zero-order valence-electron chi connectivity index (χ0n) is 22.6. The molecule has 0 aliphatic carbocycles. The number of hydrogen-bond acceptors (Lipinski definition) is 5. The third kappa shape index (κ3) is 5.68. The molecule has 37 heavy (non-hydrogen) atoms. The Bertz CT molecular complexity index is 1270. The molecule has 6 heteroatoms. The normalized spacial score (nSPS) is 14.7. The minimum absolute atomic E-state index is 0.155. The van der Waals surface area contributed by atoms with E-state index in [-0.39, 0.29) is 11.9 Å². The molecule has 1 unspecified atom stereocenters. The smallest absolute Gasteiger partial charge is 0.223 e. The lowest BCUT2D eigenvalue weighted by molar-refractivity contribution is -0.133. The van der Waals surface area contributed by atoms with E-state index in [1.807, 2.05) is 23.1 Å². The summed E-state index contributed by atoms with van der Waals surface area (Å²) in [6, 6.07) is 16.3. The molecule has 0 aromatic heterocycles. The standard InChI is InChI=1S/C31H38N2O4/c1-6-7-30(34)33-14-12-23-18-28(36-5)29(37-15-13-22-9-11-27(35-4)26(32)17-22)19-25(23)31(33)24-10-8-20(2)16-21(24)3/h8-11,16-19,31H,6-7,12-15,32H2,1-5H3. The Morgan fingerprint density at radius 1 is 0.973 bits per heavy atom. The maximum absolute atomic E-state index is 13.2. The van der Waals surface area contributed by atoms with Gasteiger partial charge in [-0.15, -0.1) is 0 Å². The first-order valence-electron chi connectivity index (χ1n) is 13.0. The van der Waals surface area contributed by atoms with E-state index in [0.717, 1.165) is 29.5 Å². The van der Waals surface area contributed by atoms with Gasteiger partial charge in [0.15, 0.2) is 11.5 Å². The number of fused-ring (bicyclic) bond motifs is 1. The predicted molar refractivity (Wildman–Crippen MR) is 148 cm³/mol. The summed E-state index contributed by atoms with van der Waals surface area (Å²) >= 11 is 0. The number of rotatable bonds is 9. The SMILES string of the molecule is CCCC(=O)N1CCc2cc(OC)c(OCCc3ccc(OC)c(N)c3)cc2C1c1ccc(C)cc1C. The van der Waals surface area contributed by atoms with Crippen molar-refractivity contribution in [1.29, 1.82) is 0 Å². The monoisotopic (exact) mass is 502 g/mol. The van der Waals surface area contributed by atoms with Gasteiger partial charge in [0.25, 0.3) is 0 Å². The number of aryl methyl sites for hydroxylation is 2. The Hall–Kier alpha value is -3.67. The Morgan fingerprint density at radius 3 is 2.43 bits per heavy atom. The zero-order chi connectivity index (χ0) is 26.5. The van der Waals surface area contributed by atoms with Gasteiger partial charge in [0.2, 0.25) is 5.91 Å². The van der Waals surface area contributed by atoms with Crippen LogP contribution in [0.3, 0.4) is 0 Å². The van der Waals surface area contributed by atoms with E-state index < -0.39 is 0 Å². The van der Waals surface area contributed by atoms with Crippen LogP contribution in [0.5, 0.6) is 17.2 Å². The molecule has 1 atom stereocenters.